The van der Waals surface area contributed by atoms with E-state index < -0.39 is 0 Å². The highest BCUT2D eigenvalue weighted by atomic mass is 35.5. The number of hydrogen-bond donors (Lipinski definition) is 1. The lowest BCUT2D eigenvalue weighted by Gasteiger charge is -2.17. The fraction of sp³-hybridized carbons (Fsp3) is 0.667. The fourth-order valence-corrected chi connectivity index (χ4v) is 2.71. The normalized spacial score (nSPS) is 28.7. The van der Waals surface area contributed by atoms with Gasteiger partial charge in [-0.1, -0.05) is 17.7 Å². The van der Waals surface area contributed by atoms with Crippen LogP contribution in [0.25, 0.3) is 0 Å². The number of fused-ring (bicyclic) bond motifs is 1. The van der Waals surface area contributed by atoms with Gasteiger partial charge in [-0.05, 0) is 12.8 Å². The molecule has 1 aliphatic heterocycles. The van der Waals surface area contributed by atoms with Crippen LogP contribution in [-0.4, -0.2) is 43.9 Å². The number of carbonyl (C=O) groups excluding carboxylic acids is 2. The molecular formula is C12H18ClN2O2+. The van der Waals surface area contributed by atoms with Crippen LogP contribution in [0.2, 0.25) is 0 Å². The summed E-state index contributed by atoms with van der Waals surface area (Å²) in [6.45, 7) is 1.31. The molecule has 1 saturated heterocycles. The first kappa shape index (κ1) is 12.6. The number of carbonyl (C=O) groups is 2. The number of nitrogens with zero attached hydrogens (tertiary/aromatic N) is 1. The van der Waals surface area contributed by atoms with Crippen molar-refractivity contribution in [3.8, 4) is 0 Å². The van der Waals surface area contributed by atoms with E-state index in [1.165, 1.54) is 9.80 Å². The van der Waals surface area contributed by atoms with Crippen LogP contribution < -0.4 is 4.90 Å². The Morgan fingerprint density at radius 3 is 2.65 bits per heavy atom. The first-order chi connectivity index (χ1) is 8.00. The zero-order chi connectivity index (χ0) is 12.6. The molecule has 0 aromatic rings. The number of nitrogens with one attached hydrogen (secondary N) is 1. The number of rotatable bonds is 3. The van der Waals surface area contributed by atoms with Crippen LogP contribution in [0.15, 0.2) is 11.1 Å². The number of allylic oxidation sites excluding steroid dienone is 2. The molecule has 1 fully saturated rings. The number of amides is 2. The van der Waals surface area contributed by atoms with Gasteiger partial charge in [-0.25, -0.2) is 0 Å². The largest absolute Gasteiger partial charge is 0.338 e. The Balaban J connectivity index is 2.08. The highest BCUT2D eigenvalue weighted by molar-refractivity contribution is 6.30. The molecule has 0 bridgehead atoms. The van der Waals surface area contributed by atoms with Crippen molar-refractivity contribution in [2.75, 3.05) is 27.2 Å². The highest BCUT2D eigenvalue weighted by Gasteiger charge is 2.48. The van der Waals surface area contributed by atoms with Gasteiger partial charge in [0, 0.05) is 5.03 Å². The van der Waals surface area contributed by atoms with Gasteiger partial charge in [-0.15, -0.1) is 0 Å². The molecule has 0 aromatic heterocycles. The minimum absolute atomic E-state index is 0.0123. The van der Waals surface area contributed by atoms with E-state index >= 15 is 0 Å². The summed E-state index contributed by atoms with van der Waals surface area (Å²) in [6.07, 6.45) is 3.01. The number of hydrogen-bond acceptors (Lipinski definition) is 2. The van der Waals surface area contributed by atoms with Gasteiger partial charge in [-0.3, -0.25) is 14.5 Å². The second-order valence-corrected chi connectivity index (χ2v) is 5.57. The second kappa shape index (κ2) is 4.78. The molecule has 94 valence electrons. The van der Waals surface area contributed by atoms with Gasteiger partial charge in [0.15, 0.2) is 0 Å². The van der Waals surface area contributed by atoms with E-state index in [1.54, 1.807) is 0 Å². The summed E-state index contributed by atoms with van der Waals surface area (Å²) in [4.78, 5) is 26.9. The Hall–Kier alpha value is -0.870. The molecule has 17 heavy (non-hydrogen) atoms. The Morgan fingerprint density at radius 1 is 1.35 bits per heavy atom. The molecule has 2 atom stereocenters. The molecule has 4 nitrogen and oxygen atoms in total. The number of halogens is 1. The van der Waals surface area contributed by atoms with Crippen LogP contribution in [0, 0.1) is 11.8 Å². The molecule has 2 aliphatic rings. The van der Waals surface area contributed by atoms with E-state index in [4.69, 9.17) is 11.6 Å². The number of likely N-dealkylation sites (tertiary alicyclic amines) is 1. The smallest absolute Gasteiger partial charge is 0.233 e. The lowest BCUT2D eigenvalue weighted by molar-refractivity contribution is -0.857. The maximum Gasteiger partial charge on any atom is 0.233 e. The molecule has 2 amide bonds. The molecule has 1 aliphatic carbocycles. The van der Waals surface area contributed by atoms with Gasteiger partial charge in [0.1, 0.15) is 0 Å². The van der Waals surface area contributed by atoms with Crippen molar-refractivity contribution in [3.63, 3.8) is 0 Å². The van der Waals surface area contributed by atoms with Crippen LogP contribution in [-0.2, 0) is 9.59 Å². The van der Waals surface area contributed by atoms with Crippen LogP contribution in [0.1, 0.15) is 12.8 Å². The zero-order valence-corrected chi connectivity index (χ0v) is 11.0. The third kappa shape index (κ3) is 2.38. The molecule has 1 N–H and O–H groups in total. The monoisotopic (exact) mass is 257 g/mol. The Kier molecular flexibility index (Phi) is 3.54. The van der Waals surface area contributed by atoms with Crippen molar-refractivity contribution in [2.24, 2.45) is 11.8 Å². The summed E-state index contributed by atoms with van der Waals surface area (Å²) in [5.74, 6) is -0.423. The van der Waals surface area contributed by atoms with Crippen molar-refractivity contribution in [1.29, 1.82) is 0 Å². The maximum atomic E-state index is 12.1. The molecule has 2 rings (SSSR count). The van der Waals surface area contributed by atoms with Crippen molar-refractivity contribution in [2.45, 2.75) is 12.8 Å². The van der Waals surface area contributed by atoms with E-state index in [9.17, 15) is 9.59 Å². The summed E-state index contributed by atoms with van der Waals surface area (Å²) in [5.41, 5.74) is 0. The topological polar surface area (TPSA) is 41.8 Å². The predicted molar refractivity (Wildman–Crippen MR) is 64.5 cm³/mol. The molecule has 0 saturated carbocycles. The SMILES string of the molecule is C[NH+](C)CCN1C(=O)[C@H]2CC=C(Cl)C[C@@H]2C1=O. The van der Waals surface area contributed by atoms with E-state index in [-0.39, 0.29) is 23.7 Å². The first-order valence-corrected chi connectivity index (χ1v) is 6.37. The quantitative estimate of drug-likeness (QED) is 0.703. The van der Waals surface area contributed by atoms with E-state index in [2.05, 4.69) is 0 Å². The Morgan fingerprint density at radius 2 is 2.00 bits per heavy atom. The lowest BCUT2D eigenvalue weighted by atomic mass is 9.85. The predicted octanol–water partition coefficient (Wildman–Crippen LogP) is -0.351. The minimum atomic E-state index is -0.211. The third-order valence-electron chi connectivity index (χ3n) is 3.50. The van der Waals surface area contributed by atoms with Gasteiger partial charge in [-0.2, -0.15) is 0 Å². The molecular weight excluding hydrogens is 240 g/mol. The van der Waals surface area contributed by atoms with Crippen LogP contribution in [0.5, 0.6) is 0 Å². The Bertz CT molecular complexity index is 379. The molecule has 1 heterocycles. The summed E-state index contributed by atoms with van der Waals surface area (Å²) in [6, 6.07) is 0. The van der Waals surface area contributed by atoms with E-state index in [0.29, 0.717) is 24.4 Å². The van der Waals surface area contributed by atoms with Crippen molar-refractivity contribution < 1.29 is 14.5 Å². The van der Waals surface area contributed by atoms with Gasteiger partial charge in [0.05, 0.1) is 39.0 Å². The summed E-state index contributed by atoms with van der Waals surface area (Å²) in [5, 5.41) is 0.715. The maximum absolute atomic E-state index is 12.1. The van der Waals surface area contributed by atoms with Gasteiger partial charge in [0.25, 0.3) is 0 Å². The average Bonchev–Trinajstić information content (AvgIpc) is 2.49. The average molecular weight is 258 g/mol. The fourth-order valence-electron chi connectivity index (χ4n) is 2.45. The molecule has 0 unspecified atom stereocenters. The Labute approximate surface area is 106 Å². The number of quaternary nitrogens is 1. The van der Waals surface area contributed by atoms with Crippen molar-refractivity contribution in [1.82, 2.24) is 4.90 Å². The highest BCUT2D eigenvalue weighted by Crippen LogP contribution is 2.38. The first-order valence-electron chi connectivity index (χ1n) is 5.99. The van der Waals surface area contributed by atoms with Crippen molar-refractivity contribution >= 4 is 23.4 Å². The van der Waals surface area contributed by atoms with E-state index in [1.807, 2.05) is 20.2 Å². The van der Waals surface area contributed by atoms with Crippen LogP contribution in [0.4, 0.5) is 0 Å². The number of imide groups is 1. The van der Waals surface area contributed by atoms with E-state index in [0.717, 1.165) is 6.54 Å². The summed E-state index contributed by atoms with van der Waals surface area (Å²) < 4.78 is 0. The second-order valence-electron chi connectivity index (χ2n) is 5.09. The van der Waals surface area contributed by atoms with Gasteiger partial charge in [0.2, 0.25) is 11.8 Å². The van der Waals surface area contributed by atoms with Crippen LogP contribution >= 0.6 is 11.6 Å². The molecule has 0 radical (unpaired) electrons. The van der Waals surface area contributed by atoms with Crippen molar-refractivity contribution in [3.05, 3.63) is 11.1 Å². The third-order valence-corrected chi connectivity index (χ3v) is 3.80. The lowest BCUT2D eigenvalue weighted by Crippen LogP contribution is -3.06. The standard InChI is InChI=1S/C12H17ClN2O2/c1-14(2)5-6-15-11(16)9-4-3-8(13)7-10(9)12(15)17/h3,9-10H,4-7H2,1-2H3/p+1/t9-,10-/m0/s1. The molecule has 5 heteroatoms. The molecule has 0 aromatic carbocycles. The summed E-state index contributed by atoms with van der Waals surface area (Å²) in [7, 11) is 4.02. The summed E-state index contributed by atoms with van der Waals surface area (Å²) >= 11 is 5.95. The minimum Gasteiger partial charge on any atom is -0.338 e. The zero-order valence-electron chi connectivity index (χ0n) is 10.2. The van der Waals surface area contributed by atoms with Gasteiger partial charge >= 0.3 is 0 Å². The molecule has 0 spiro atoms. The van der Waals surface area contributed by atoms with Crippen LogP contribution in [0.3, 0.4) is 0 Å². The van der Waals surface area contributed by atoms with Gasteiger partial charge < -0.3 is 4.90 Å². The number of likely N-dealkylation sites (N-methyl/N-ethyl adjacent to an activating group) is 1.